The Balaban J connectivity index is 1.76. The highest BCUT2D eigenvalue weighted by molar-refractivity contribution is 6.31. The first-order valence-corrected chi connectivity index (χ1v) is 7.82. The molecule has 1 aliphatic carbocycles. The molecule has 4 rings (SSSR count). The molecule has 22 heavy (non-hydrogen) atoms. The number of hydrogen-bond acceptors (Lipinski definition) is 4. The fourth-order valence-corrected chi connectivity index (χ4v) is 3.19. The lowest BCUT2D eigenvalue weighted by molar-refractivity contribution is 0.886. The molecule has 3 aromatic rings. The maximum Gasteiger partial charge on any atom is 0.254 e. The van der Waals surface area contributed by atoms with Crippen molar-refractivity contribution in [2.45, 2.75) is 32.7 Å². The number of aromatic nitrogens is 4. The highest BCUT2D eigenvalue weighted by Crippen LogP contribution is 2.28. The molecule has 6 heteroatoms. The molecule has 1 N–H and O–H groups in total. The van der Waals surface area contributed by atoms with Crippen molar-refractivity contribution in [2.75, 3.05) is 5.32 Å². The average molecular weight is 314 g/mol. The Hall–Kier alpha value is -2.14. The number of hydrogen-bond donors (Lipinski definition) is 1. The summed E-state index contributed by atoms with van der Waals surface area (Å²) in [4.78, 5) is 9.03. The molecular formula is C16H16ClN5. The zero-order chi connectivity index (χ0) is 15.1. The normalized spacial score (nSPS) is 13.5. The van der Waals surface area contributed by atoms with Crippen LogP contribution in [0.5, 0.6) is 0 Å². The Morgan fingerprint density at radius 2 is 2.09 bits per heavy atom. The minimum absolute atomic E-state index is 0.657. The van der Waals surface area contributed by atoms with E-state index in [1.165, 1.54) is 5.56 Å². The second kappa shape index (κ2) is 5.25. The highest BCUT2D eigenvalue weighted by Gasteiger charge is 2.21. The summed E-state index contributed by atoms with van der Waals surface area (Å²) in [5, 5.41) is 8.74. The molecule has 0 unspecified atom stereocenters. The van der Waals surface area contributed by atoms with Crippen LogP contribution >= 0.6 is 11.6 Å². The number of anilines is 1. The first kappa shape index (κ1) is 13.5. The molecule has 0 radical (unpaired) electrons. The number of nitrogens with one attached hydrogen (secondary N) is 1. The maximum absolute atomic E-state index is 6.24. The fourth-order valence-electron chi connectivity index (χ4n) is 2.98. The van der Waals surface area contributed by atoms with E-state index in [1.807, 2.05) is 35.7 Å². The van der Waals surface area contributed by atoms with Gasteiger partial charge in [-0.2, -0.15) is 9.50 Å². The van der Waals surface area contributed by atoms with Gasteiger partial charge in [0.25, 0.3) is 5.78 Å². The topological polar surface area (TPSA) is 55.1 Å². The fraction of sp³-hybridized carbons (Fsp3) is 0.312. The van der Waals surface area contributed by atoms with E-state index in [2.05, 4.69) is 20.4 Å². The summed E-state index contributed by atoms with van der Waals surface area (Å²) in [6.07, 6.45) is 3.18. The van der Waals surface area contributed by atoms with Gasteiger partial charge in [0.05, 0.1) is 5.69 Å². The third-order valence-electron chi connectivity index (χ3n) is 4.02. The van der Waals surface area contributed by atoms with E-state index in [4.69, 9.17) is 11.6 Å². The van der Waals surface area contributed by atoms with Gasteiger partial charge in [0, 0.05) is 17.1 Å². The van der Waals surface area contributed by atoms with Crippen molar-refractivity contribution in [3.63, 3.8) is 0 Å². The van der Waals surface area contributed by atoms with Crippen molar-refractivity contribution in [1.82, 2.24) is 19.6 Å². The van der Waals surface area contributed by atoms with Gasteiger partial charge in [0.2, 0.25) is 0 Å². The molecule has 112 valence electrons. The summed E-state index contributed by atoms with van der Waals surface area (Å²) in [6, 6.07) is 7.87. The van der Waals surface area contributed by atoms with Crippen LogP contribution in [0.3, 0.4) is 0 Å². The molecule has 1 aliphatic rings. The highest BCUT2D eigenvalue weighted by atomic mass is 35.5. The van der Waals surface area contributed by atoms with E-state index in [9.17, 15) is 0 Å². The Bertz CT molecular complexity index is 855. The second-order valence-corrected chi connectivity index (χ2v) is 5.96. The molecule has 0 bridgehead atoms. The first-order valence-electron chi connectivity index (χ1n) is 7.45. The third-order valence-corrected chi connectivity index (χ3v) is 4.39. The van der Waals surface area contributed by atoms with Crippen molar-refractivity contribution in [2.24, 2.45) is 0 Å². The lowest BCUT2D eigenvalue weighted by Crippen LogP contribution is -2.10. The van der Waals surface area contributed by atoms with Gasteiger partial charge in [-0.3, -0.25) is 0 Å². The quantitative estimate of drug-likeness (QED) is 0.807. The summed E-state index contributed by atoms with van der Waals surface area (Å²) in [5.41, 5.74) is 3.46. The van der Waals surface area contributed by atoms with Crippen LogP contribution in [0.2, 0.25) is 5.02 Å². The number of benzene rings is 1. The summed E-state index contributed by atoms with van der Waals surface area (Å²) in [7, 11) is 0. The van der Waals surface area contributed by atoms with Crippen LogP contribution in [-0.4, -0.2) is 19.6 Å². The molecule has 0 saturated carbocycles. The second-order valence-electron chi connectivity index (χ2n) is 5.55. The van der Waals surface area contributed by atoms with Crippen LogP contribution in [0.1, 0.15) is 29.1 Å². The van der Waals surface area contributed by atoms with Crippen LogP contribution in [0.15, 0.2) is 24.3 Å². The summed E-state index contributed by atoms with van der Waals surface area (Å²) >= 11 is 6.24. The van der Waals surface area contributed by atoms with Crippen molar-refractivity contribution < 1.29 is 0 Å². The van der Waals surface area contributed by atoms with Gasteiger partial charge in [-0.05, 0) is 37.8 Å². The molecule has 5 nitrogen and oxygen atoms in total. The predicted octanol–water partition coefficient (Wildman–Crippen LogP) is 3.19. The summed E-state index contributed by atoms with van der Waals surface area (Å²) < 4.78 is 1.82. The lowest BCUT2D eigenvalue weighted by Gasteiger charge is -2.13. The van der Waals surface area contributed by atoms with Crippen LogP contribution in [0.25, 0.3) is 5.78 Å². The zero-order valence-electron chi connectivity index (χ0n) is 12.3. The number of aryl methyl sites for hydroxylation is 2. The molecule has 2 heterocycles. The van der Waals surface area contributed by atoms with Crippen LogP contribution in [0, 0.1) is 6.92 Å². The Morgan fingerprint density at radius 3 is 2.95 bits per heavy atom. The lowest BCUT2D eigenvalue weighted by atomic mass is 10.2. The third kappa shape index (κ3) is 2.22. The first-order chi connectivity index (χ1) is 10.7. The largest absolute Gasteiger partial charge is 0.365 e. The Morgan fingerprint density at radius 1 is 1.23 bits per heavy atom. The van der Waals surface area contributed by atoms with Crippen molar-refractivity contribution in [3.05, 3.63) is 51.9 Å². The molecule has 0 saturated heterocycles. The Labute approximate surface area is 133 Å². The summed E-state index contributed by atoms with van der Waals surface area (Å²) in [6.45, 7) is 2.54. The molecule has 2 aromatic heterocycles. The molecule has 0 aliphatic heterocycles. The summed E-state index contributed by atoms with van der Waals surface area (Å²) in [5.74, 6) is 2.40. The maximum atomic E-state index is 6.24. The Kier molecular flexibility index (Phi) is 3.22. The minimum Gasteiger partial charge on any atom is -0.365 e. The van der Waals surface area contributed by atoms with Gasteiger partial charge >= 0.3 is 0 Å². The average Bonchev–Trinajstić information content (AvgIpc) is 3.10. The number of fused-ring (bicyclic) bond motifs is 2. The van der Waals surface area contributed by atoms with Gasteiger partial charge in [-0.15, -0.1) is 5.10 Å². The van der Waals surface area contributed by atoms with Crippen molar-refractivity contribution in [1.29, 1.82) is 0 Å². The molecule has 0 amide bonds. The van der Waals surface area contributed by atoms with E-state index in [-0.39, 0.29) is 0 Å². The minimum atomic E-state index is 0.657. The van der Waals surface area contributed by atoms with E-state index < -0.39 is 0 Å². The van der Waals surface area contributed by atoms with E-state index >= 15 is 0 Å². The molecule has 0 fully saturated rings. The number of nitrogens with zero attached hydrogens (tertiary/aromatic N) is 4. The van der Waals surface area contributed by atoms with Crippen LogP contribution < -0.4 is 5.32 Å². The molecule has 0 spiro atoms. The smallest absolute Gasteiger partial charge is 0.254 e. The molecule has 0 atom stereocenters. The van der Waals surface area contributed by atoms with E-state index in [0.717, 1.165) is 47.2 Å². The van der Waals surface area contributed by atoms with Gasteiger partial charge in [-0.1, -0.05) is 29.8 Å². The predicted molar refractivity (Wildman–Crippen MR) is 86.3 cm³/mol. The van der Waals surface area contributed by atoms with Gasteiger partial charge < -0.3 is 5.32 Å². The molecule has 1 aromatic carbocycles. The van der Waals surface area contributed by atoms with Crippen molar-refractivity contribution >= 4 is 23.2 Å². The standard InChI is InChI=1S/C16H16ClN5/c1-10-19-16-20-14-8-4-6-12(14)15(22(16)21-10)18-9-11-5-2-3-7-13(11)17/h2-3,5,7,18H,4,6,8-9H2,1H3. The SMILES string of the molecule is Cc1nc2nc3c(c(NCc4ccccc4Cl)n2n1)CCC3. The van der Waals surface area contributed by atoms with Crippen LogP contribution in [0.4, 0.5) is 5.82 Å². The van der Waals surface area contributed by atoms with Crippen LogP contribution in [-0.2, 0) is 19.4 Å². The number of halogens is 1. The van der Waals surface area contributed by atoms with E-state index in [0.29, 0.717) is 12.3 Å². The number of rotatable bonds is 3. The van der Waals surface area contributed by atoms with Crippen molar-refractivity contribution in [3.8, 4) is 0 Å². The van der Waals surface area contributed by atoms with E-state index in [1.54, 1.807) is 0 Å². The van der Waals surface area contributed by atoms with Gasteiger partial charge in [0.1, 0.15) is 11.6 Å². The monoisotopic (exact) mass is 313 g/mol. The molecular weight excluding hydrogens is 298 g/mol. The van der Waals surface area contributed by atoms with Gasteiger partial charge in [0.15, 0.2) is 0 Å². The van der Waals surface area contributed by atoms with Gasteiger partial charge in [-0.25, -0.2) is 4.98 Å². The zero-order valence-corrected chi connectivity index (χ0v) is 13.1.